The summed E-state index contributed by atoms with van der Waals surface area (Å²) < 4.78 is 9.40. The van der Waals surface area contributed by atoms with Crippen LogP contribution in [-0.2, 0) is 14.1 Å². The second kappa shape index (κ2) is 7.91. The average molecular weight is 456 g/mol. The minimum atomic E-state index is -0.175. The van der Waals surface area contributed by atoms with Crippen LogP contribution in [0.3, 0.4) is 0 Å². The summed E-state index contributed by atoms with van der Waals surface area (Å²) in [6.07, 6.45) is 5.15. The zero-order valence-corrected chi connectivity index (χ0v) is 19.7. The number of aromatic nitrogens is 5. The number of H-pyrrole nitrogens is 2. The number of fused-ring (bicyclic) bond motifs is 1. The van der Waals surface area contributed by atoms with Crippen molar-refractivity contribution < 1.29 is 4.74 Å². The van der Waals surface area contributed by atoms with Crippen molar-refractivity contribution in [3.05, 3.63) is 86.6 Å². The molecule has 5 rings (SSSR count). The monoisotopic (exact) mass is 455 g/mol. The second-order valence-electron chi connectivity index (χ2n) is 8.64. The number of rotatable bonds is 4. The quantitative estimate of drug-likeness (QED) is 0.421. The summed E-state index contributed by atoms with van der Waals surface area (Å²) in [5.41, 5.74) is 4.92. The van der Waals surface area contributed by atoms with Crippen LogP contribution in [0.15, 0.2) is 58.5 Å². The minimum Gasteiger partial charge on any atom is -0.455 e. The molecule has 5 aromatic rings. The summed E-state index contributed by atoms with van der Waals surface area (Å²) in [5.74, 6) is 2.04. The van der Waals surface area contributed by atoms with Crippen LogP contribution in [-0.4, -0.2) is 24.1 Å². The summed E-state index contributed by atoms with van der Waals surface area (Å²) in [7, 11) is 3.38. The van der Waals surface area contributed by atoms with Crippen molar-refractivity contribution in [2.75, 3.05) is 0 Å². The Hall–Kier alpha value is -4.33. The van der Waals surface area contributed by atoms with Gasteiger partial charge in [-0.3, -0.25) is 9.59 Å². The van der Waals surface area contributed by atoms with E-state index in [1.807, 2.05) is 45.0 Å². The maximum absolute atomic E-state index is 13.0. The normalized spacial score (nSPS) is 11.3. The molecule has 8 nitrogen and oxygen atoms in total. The predicted octanol–water partition coefficient (Wildman–Crippen LogP) is 4.34. The Morgan fingerprint density at radius 1 is 0.882 bits per heavy atom. The smallest absolute Gasteiger partial charge is 0.274 e. The Labute approximate surface area is 195 Å². The molecule has 34 heavy (non-hydrogen) atoms. The maximum atomic E-state index is 13.0. The van der Waals surface area contributed by atoms with E-state index in [9.17, 15) is 9.59 Å². The van der Waals surface area contributed by atoms with Crippen LogP contribution in [0.5, 0.6) is 11.5 Å². The number of hydrogen-bond donors (Lipinski definition) is 2. The van der Waals surface area contributed by atoms with E-state index >= 15 is 0 Å². The molecule has 0 aliphatic rings. The number of para-hydroxylation sites is 1. The van der Waals surface area contributed by atoms with E-state index in [1.54, 1.807) is 38.8 Å². The van der Waals surface area contributed by atoms with Gasteiger partial charge in [-0.05, 0) is 38.0 Å². The number of pyridine rings is 2. The third-order valence-corrected chi connectivity index (χ3v) is 6.06. The number of nitrogens with zero attached hydrogens (tertiary/aromatic N) is 3. The Balaban J connectivity index is 1.77. The first-order valence-electron chi connectivity index (χ1n) is 10.9. The van der Waals surface area contributed by atoms with E-state index < -0.39 is 0 Å². The molecule has 8 heteroatoms. The molecule has 0 unspecified atom stereocenters. The van der Waals surface area contributed by atoms with E-state index in [2.05, 4.69) is 15.0 Å². The van der Waals surface area contributed by atoms with Crippen LogP contribution >= 0.6 is 0 Å². The molecule has 0 amide bonds. The molecule has 0 atom stereocenters. The standard InChI is InChI=1S/C26H25N5O3/c1-14-7-6-8-15(2)25(14)34-22-13-30(4)23(32)10-17(22)19-12-31(5)26(33)24-18(19)9-20(29-24)21-11-27-16(3)28-21/h6-13,29H,1-5H3,(H,27,28). The Morgan fingerprint density at radius 3 is 2.29 bits per heavy atom. The van der Waals surface area contributed by atoms with Crippen LogP contribution in [0.4, 0.5) is 0 Å². The lowest BCUT2D eigenvalue weighted by molar-refractivity contribution is 0.470. The Bertz CT molecular complexity index is 1660. The molecule has 0 radical (unpaired) electrons. The van der Waals surface area contributed by atoms with Gasteiger partial charge >= 0.3 is 0 Å². The van der Waals surface area contributed by atoms with Crippen LogP contribution in [0.1, 0.15) is 17.0 Å². The van der Waals surface area contributed by atoms with Crippen molar-refractivity contribution >= 4 is 10.9 Å². The number of ether oxygens (including phenoxy) is 1. The van der Waals surface area contributed by atoms with Crippen LogP contribution in [0.2, 0.25) is 0 Å². The topological polar surface area (TPSA) is 97.7 Å². The summed E-state index contributed by atoms with van der Waals surface area (Å²) in [6.45, 7) is 5.84. The fraction of sp³-hybridized carbons (Fsp3) is 0.192. The first-order valence-corrected chi connectivity index (χ1v) is 10.9. The van der Waals surface area contributed by atoms with Crippen molar-refractivity contribution in [1.29, 1.82) is 0 Å². The highest BCUT2D eigenvalue weighted by atomic mass is 16.5. The third kappa shape index (κ3) is 3.53. The SMILES string of the molecule is Cc1ncc(-c2cc3c(-c4cc(=O)n(C)cc4Oc4c(C)cccc4C)cn(C)c(=O)c3[nH]2)[nH]1. The second-order valence-corrected chi connectivity index (χ2v) is 8.64. The number of aryl methyl sites for hydroxylation is 5. The zero-order valence-electron chi connectivity index (χ0n) is 19.7. The number of aromatic amines is 2. The van der Waals surface area contributed by atoms with Crippen LogP contribution in [0.25, 0.3) is 33.4 Å². The lowest BCUT2D eigenvalue weighted by atomic mass is 10.0. The maximum Gasteiger partial charge on any atom is 0.274 e. The number of imidazole rings is 1. The summed E-state index contributed by atoms with van der Waals surface area (Å²) in [5, 5.41) is 0.699. The molecular weight excluding hydrogens is 430 g/mol. The summed E-state index contributed by atoms with van der Waals surface area (Å²) in [4.78, 5) is 36.3. The molecular formula is C26H25N5O3. The van der Waals surface area contributed by atoms with Gasteiger partial charge in [0, 0.05) is 42.9 Å². The number of nitrogens with one attached hydrogen (secondary N) is 2. The Kier molecular flexibility index (Phi) is 5.01. The van der Waals surface area contributed by atoms with Crippen molar-refractivity contribution in [2.24, 2.45) is 14.1 Å². The van der Waals surface area contributed by atoms with Crippen molar-refractivity contribution in [2.45, 2.75) is 20.8 Å². The molecule has 4 heterocycles. The number of hydrogen-bond acceptors (Lipinski definition) is 4. The predicted molar refractivity (Wildman–Crippen MR) is 133 cm³/mol. The molecule has 172 valence electrons. The molecule has 4 aromatic heterocycles. The van der Waals surface area contributed by atoms with E-state index in [0.717, 1.165) is 39.7 Å². The van der Waals surface area contributed by atoms with Crippen LogP contribution < -0.4 is 15.9 Å². The lowest BCUT2D eigenvalue weighted by Gasteiger charge is -2.17. The largest absolute Gasteiger partial charge is 0.455 e. The van der Waals surface area contributed by atoms with Gasteiger partial charge in [0.05, 0.1) is 23.8 Å². The summed E-state index contributed by atoms with van der Waals surface area (Å²) >= 11 is 0. The van der Waals surface area contributed by atoms with Gasteiger partial charge in [0.1, 0.15) is 17.1 Å². The highest BCUT2D eigenvalue weighted by Crippen LogP contribution is 2.38. The lowest BCUT2D eigenvalue weighted by Crippen LogP contribution is -2.18. The first kappa shape index (κ1) is 21.5. The van der Waals surface area contributed by atoms with Gasteiger partial charge in [0.15, 0.2) is 5.75 Å². The summed E-state index contributed by atoms with van der Waals surface area (Å²) in [6, 6.07) is 9.40. The molecule has 0 spiro atoms. The zero-order chi connectivity index (χ0) is 24.1. The average Bonchev–Trinajstić information content (AvgIpc) is 3.42. The van der Waals surface area contributed by atoms with Gasteiger partial charge < -0.3 is 23.8 Å². The van der Waals surface area contributed by atoms with Gasteiger partial charge in [-0.1, -0.05) is 18.2 Å². The van der Waals surface area contributed by atoms with Crippen molar-refractivity contribution in [3.8, 4) is 34.0 Å². The molecule has 1 aromatic carbocycles. The molecule has 0 aliphatic carbocycles. The highest BCUT2D eigenvalue weighted by Gasteiger charge is 2.19. The van der Waals surface area contributed by atoms with Crippen molar-refractivity contribution in [1.82, 2.24) is 24.1 Å². The fourth-order valence-electron chi connectivity index (χ4n) is 4.22. The number of benzene rings is 1. The fourth-order valence-corrected chi connectivity index (χ4v) is 4.22. The van der Waals surface area contributed by atoms with Gasteiger partial charge in [-0.25, -0.2) is 4.98 Å². The van der Waals surface area contributed by atoms with E-state index in [4.69, 9.17) is 4.74 Å². The molecule has 0 bridgehead atoms. The molecule has 0 aliphatic heterocycles. The molecule has 0 saturated heterocycles. The molecule has 0 fully saturated rings. The third-order valence-electron chi connectivity index (χ3n) is 6.06. The van der Waals surface area contributed by atoms with Gasteiger partial charge in [0.2, 0.25) is 0 Å². The molecule has 0 saturated carbocycles. The first-order chi connectivity index (χ1) is 16.2. The van der Waals surface area contributed by atoms with Gasteiger partial charge in [-0.2, -0.15) is 0 Å². The Morgan fingerprint density at radius 2 is 1.62 bits per heavy atom. The highest BCUT2D eigenvalue weighted by molar-refractivity contribution is 5.98. The molecule has 2 N–H and O–H groups in total. The minimum absolute atomic E-state index is 0.165. The van der Waals surface area contributed by atoms with Gasteiger partial charge in [0.25, 0.3) is 11.1 Å². The van der Waals surface area contributed by atoms with Crippen molar-refractivity contribution in [3.63, 3.8) is 0 Å². The van der Waals surface area contributed by atoms with Crippen LogP contribution in [0, 0.1) is 20.8 Å². The van der Waals surface area contributed by atoms with E-state index in [0.29, 0.717) is 22.2 Å². The van der Waals surface area contributed by atoms with E-state index in [1.165, 1.54) is 9.13 Å². The van der Waals surface area contributed by atoms with Gasteiger partial charge in [-0.15, -0.1) is 0 Å². The van der Waals surface area contributed by atoms with E-state index in [-0.39, 0.29) is 11.1 Å².